The monoisotopic (exact) mass is 272 g/mol. The molecule has 0 saturated carbocycles. The van der Waals surface area contributed by atoms with Crippen LogP contribution < -0.4 is 0 Å². The maximum Gasteiger partial charge on any atom is 0.308 e. The highest BCUT2D eigenvalue weighted by molar-refractivity contribution is 6.76. The SMILES string of the molecule is CCCCCCC(CC)C(=O)OCC[Si](C)(C)C. The van der Waals surface area contributed by atoms with Crippen molar-refractivity contribution in [3.63, 3.8) is 0 Å². The number of hydrogen-bond donors (Lipinski definition) is 0. The van der Waals surface area contributed by atoms with Gasteiger partial charge in [0.15, 0.2) is 0 Å². The predicted molar refractivity (Wildman–Crippen MR) is 81.7 cm³/mol. The fourth-order valence-corrected chi connectivity index (χ4v) is 2.60. The van der Waals surface area contributed by atoms with E-state index in [9.17, 15) is 4.79 Å². The average molecular weight is 273 g/mol. The maximum atomic E-state index is 11.9. The lowest BCUT2D eigenvalue weighted by Gasteiger charge is -2.18. The topological polar surface area (TPSA) is 26.3 Å². The Kier molecular flexibility index (Phi) is 9.43. The fraction of sp³-hybridized carbons (Fsp3) is 0.933. The van der Waals surface area contributed by atoms with Gasteiger partial charge in [-0.05, 0) is 18.9 Å². The van der Waals surface area contributed by atoms with Crippen molar-refractivity contribution >= 4 is 14.0 Å². The molecule has 0 aromatic heterocycles. The Morgan fingerprint density at radius 1 is 1.11 bits per heavy atom. The zero-order chi connectivity index (χ0) is 14.0. The minimum absolute atomic E-state index is 0.0345. The van der Waals surface area contributed by atoms with Gasteiger partial charge in [0.1, 0.15) is 0 Å². The van der Waals surface area contributed by atoms with Crippen LogP contribution in [0.2, 0.25) is 25.7 Å². The molecule has 0 saturated heterocycles. The lowest BCUT2D eigenvalue weighted by Crippen LogP contribution is -2.24. The van der Waals surface area contributed by atoms with Crippen molar-refractivity contribution in [2.45, 2.75) is 78.1 Å². The van der Waals surface area contributed by atoms with Crippen molar-refractivity contribution in [1.82, 2.24) is 0 Å². The van der Waals surface area contributed by atoms with Gasteiger partial charge in [0, 0.05) is 8.07 Å². The molecule has 3 heteroatoms. The molecule has 18 heavy (non-hydrogen) atoms. The van der Waals surface area contributed by atoms with Crippen molar-refractivity contribution in [1.29, 1.82) is 0 Å². The molecule has 0 bridgehead atoms. The molecule has 0 fully saturated rings. The van der Waals surface area contributed by atoms with Gasteiger partial charge in [0.25, 0.3) is 0 Å². The first-order valence-electron chi connectivity index (χ1n) is 7.57. The Balaban J connectivity index is 3.81. The van der Waals surface area contributed by atoms with Crippen molar-refractivity contribution in [2.24, 2.45) is 5.92 Å². The Morgan fingerprint density at radius 3 is 2.28 bits per heavy atom. The van der Waals surface area contributed by atoms with Crippen molar-refractivity contribution in [3.05, 3.63) is 0 Å². The first kappa shape index (κ1) is 17.7. The highest BCUT2D eigenvalue weighted by atomic mass is 28.3. The average Bonchev–Trinajstić information content (AvgIpc) is 2.27. The van der Waals surface area contributed by atoms with Crippen LogP contribution in [0.25, 0.3) is 0 Å². The summed E-state index contributed by atoms with van der Waals surface area (Å²) in [7, 11) is -1.08. The van der Waals surface area contributed by atoms with Gasteiger partial charge in [-0.2, -0.15) is 0 Å². The zero-order valence-corrected chi connectivity index (χ0v) is 14.1. The number of unbranched alkanes of at least 4 members (excludes halogenated alkanes) is 3. The molecule has 1 unspecified atom stereocenters. The molecule has 0 aliphatic carbocycles. The Labute approximate surface area is 115 Å². The van der Waals surface area contributed by atoms with E-state index in [1.807, 2.05) is 0 Å². The summed E-state index contributed by atoms with van der Waals surface area (Å²) in [5.41, 5.74) is 0. The van der Waals surface area contributed by atoms with E-state index in [1.165, 1.54) is 19.3 Å². The molecule has 0 heterocycles. The lowest BCUT2D eigenvalue weighted by atomic mass is 9.98. The van der Waals surface area contributed by atoms with Crippen LogP contribution in [-0.4, -0.2) is 20.7 Å². The molecule has 108 valence electrons. The van der Waals surface area contributed by atoms with Crippen LogP contribution in [0, 0.1) is 5.92 Å². The van der Waals surface area contributed by atoms with Gasteiger partial charge in [-0.25, -0.2) is 0 Å². The van der Waals surface area contributed by atoms with E-state index < -0.39 is 8.07 Å². The lowest BCUT2D eigenvalue weighted by molar-refractivity contribution is -0.148. The molecule has 0 aliphatic heterocycles. The van der Waals surface area contributed by atoms with E-state index in [4.69, 9.17) is 4.74 Å². The van der Waals surface area contributed by atoms with Gasteiger partial charge >= 0.3 is 5.97 Å². The highest BCUT2D eigenvalue weighted by Crippen LogP contribution is 2.17. The summed E-state index contributed by atoms with van der Waals surface area (Å²) in [6.45, 7) is 11.8. The van der Waals surface area contributed by atoms with Gasteiger partial charge in [0.05, 0.1) is 12.5 Å². The largest absolute Gasteiger partial charge is 0.466 e. The molecule has 0 N–H and O–H groups in total. The Hall–Kier alpha value is -0.313. The number of esters is 1. The maximum absolute atomic E-state index is 11.9. The van der Waals surface area contributed by atoms with E-state index in [0.717, 1.165) is 25.3 Å². The van der Waals surface area contributed by atoms with Crippen molar-refractivity contribution in [3.8, 4) is 0 Å². The zero-order valence-electron chi connectivity index (χ0n) is 13.1. The Bertz CT molecular complexity index is 221. The van der Waals surface area contributed by atoms with E-state index in [2.05, 4.69) is 33.5 Å². The molecule has 0 radical (unpaired) electrons. The number of carbonyl (C=O) groups is 1. The third-order valence-electron chi connectivity index (χ3n) is 3.33. The van der Waals surface area contributed by atoms with E-state index in [-0.39, 0.29) is 11.9 Å². The van der Waals surface area contributed by atoms with E-state index in [0.29, 0.717) is 6.61 Å². The predicted octanol–water partition coefficient (Wildman–Crippen LogP) is 4.86. The van der Waals surface area contributed by atoms with Crippen LogP contribution in [-0.2, 0) is 9.53 Å². The third kappa shape index (κ3) is 9.69. The summed E-state index contributed by atoms with van der Waals surface area (Å²) in [5, 5.41) is 0. The number of ether oxygens (including phenoxy) is 1. The Morgan fingerprint density at radius 2 is 1.78 bits per heavy atom. The molecule has 1 atom stereocenters. The van der Waals surface area contributed by atoms with Gasteiger partial charge in [0.2, 0.25) is 0 Å². The van der Waals surface area contributed by atoms with Crippen molar-refractivity contribution < 1.29 is 9.53 Å². The molecule has 0 spiro atoms. The summed E-state index contributed by atoms with van der Waals surface area (Å²) in [4.78, 5) is 11.9. The minimum atomic E-state index is -1.08. The summed E-state index contributed by atoms with van der Waals surface area (Å²) in [6.07, 6.45) is 6.85. The van der Waals surface area contributed by atoms with Crippen LogP contribution in [0.3, 0.4) is 0 Å². The molecule has 0 amide bonds. The summed E-state index contributed by atoms with van der Waals surface area (Å²) in [5.74, 6) is 0.163. The first-order valence-corrected chi connectivity index (χ1v) is 11.3. The number of hydrogen-bond acceptors (Lipinski definition) is 2. The van der Waals surface area contributed by atoms with Crippen LogP contribution in [0.5, 0.6) is 0 Å². The molecular weight excluding hydrogens is 240 g/mol. The van der Waals surface area contributed by atoms with Gasteiger partial charge < -0.3 is 4.74 Å². The normalized spacial score (nSPS) is 13.4. The standard InChI is InChI=1S/C15H32O2Si/c1-6-8-9-10-11-14(7-2)15(16)17-12-13-18(3,4)5/h14H,6-13H2,1-5H3. The van der Waals surface area contributed by atoms with Gasteiger partial charge in [-0.3, -0.25) is 4.79 Å². The first-order chi connectivity index (χ1) is 8.40. The van der Waals surface area contributed by atoms with Gasteiger partial charge in [-0.1, -0.05) is 59.2 Å². The van der Waals surface area contributed by atoms with Crippen LogP contribution in [0.4, 0.5) is 0 Å². The fourth-order valence-electron chi connectivity index (χ4n) is 1.88. The summed E-state index contributed by atoms with van der Waals surface area (Å²) < 4.78 is 5.42. The van der Waals surface area contributed by atoms with Crippen molar-refractivity contribution in [2.75, 3.05) is 6.61 Å². The molecular formula is C15H32O2Si. The summed E-state index contributed by atoms with van der Waals surface area (Å²) in [6, 6.07) is 1.07. The van der Waals surface area contributed by atoms with Crippen LogP contribution in [0.15, 0.2) is 0 Å². The van der Waals surface area contributed by atoms with E-state index >= 15 is 0 Å². The molecule has 2 nitrogen and oxygen atoms in total. The van der Waals surface area contributed by atoms with Crippen LogP contribution >= 0.6 is 0 Å². The quantitative estimate of drug-likeness (QED) is 0.322. The second kappa shape index (κ2) is 9.60. The second-order valence-electron chi connectivity index (χ2n) is 6.43. The van der Waals surface area contributed by atoms with Crippen LogP contribution in [0.1, 0.15) is 52.4 Å². The third-order valence-corrected chi connectivity index (χ3v) is 5.03. The second-order valence-corrected chi connectivity index (χ2v) is 12.1. The summed E-state index contributed by atoms with van der Waals surface area (Å²) >= 11 is 0. The molecule has 0 aromatic carbocycles. The molecule has 0 rings (SSSR count). The number of carbonyl (C=O) groups excluding carboxylic acids is 1. The number of rotatable bonds is 10. The highest BCUT2D eigenvalue weighted by Gasteiger charge is 2.19. The smallest absolute Gasteiger partial charge is 0.308 e. The molecule has 0 aromatic rings. The molecule has 0 aliphatic rings. The van der Waals surface area contributed by atoms with Gasteiger partial charge in [-0.15, -0.1) is 0 Å². The minimum Gasteiger partial charge on any atom is -0.466 e. The van der Waals surface area contributed by atoms with E-state index in [1.54, 1.807) is 0 Å².